The van der Waals surface area contributed by atoms with Gasteiger partial charge >= 0.3 is 0 Å². The molecule has 2 aliphatic rings. The van der Waals surface area contributed by atoms with Gasteiger partial charge in [-0.05, 0) is 24.5 Å². The largest absolute Gasteiger partial charge is 0.349 e. The molecule has 1 aliphatic carbocycles. The van der Waals surface area contributed by atoms with E-state index < -0.39 is 5.92 Å². The van der Waals surface area contributed by atoms with Crippen LogP contribution in [0.4, 0.5) is 5.69 Å². The molecule has 21 heavy (non-hydrogen) atoms. The molecule has 1 unspecified atom stereocenters. The summed E-state index contributed by atoms with van der Waals surface area (Å²) in [5.41, 5.74) is 7.22. The van der Waals surface area contributed by atoms with Crippen molar-refractivity contribution in [1.29, 1.82) is 0 Å². The molecule has 0 bridgehead atoms. The fraction of sp³-hybridized carbons (Fsp3) is 0.500. The average Bonchev–Trinajstić information content (AvgIpc) is 2.95. The van der Waals surface area contributed by atoms with Crippen LogP contribution in [-0.2, 0) is 9.59 Å². The lowest BCUT2D eigenvalue weighted by molar-refractivity contribution is -0.127. The average molecular weight is 287 g/mol. The van der Waals surface area contributed by atoms with E-state index in [1.54, 1.807) is 0 Å². The van der Waals surface area contributed by atoms with Crippen molar-refractivity contribution in [3.05, 3.63) is 29.8 Å². The Morgan fingerprint density at radius 2 is 2.05 bits per heavy atom. The minimum absolute atomic E-state index is 0.0790. The molecule has 112 valence electrons. The lowest BCUT2D eigenvalue weighted by Gasteiger charge is -2.32. The second-order valence-electron chi connectivity index (χ2n) is 6.07. The number of rotatable bonds is 3. The minimum Gasteiger partial charge on any atom is -0.349 e. The zero-order valence-corrected chi connectivity index (χ0v) is 12.0. The number of nitrogens with one attached hydrogen (secondary N) is 2. The molecule has 0 saturated heterocycles. The summed E-state index contributed by atoms with van der Waals surface area (Å²) in [4.78, 5) is 24.5. The van der Waals surface area contributed by atoms with Crippen molar-refractivity contribution in [2.24, 2.45) is 5.73 Å². The van der Waals surface area contributed by atoms with Gasteiger partial charge < -0.3 is 16.4 Å². The third-order valence-electron chi connectivity index (χ3n) is 4.66. The molecule has 0 aromatic heterocycles. The highest BCUT2D eigenvalue weighted by Crippen LogP contribution is 2.34. The van der Waals surface area contributed by atoms with Crippen LogP contribution in [0.3, 0.4) is 0 Å². The summed E-state index contributed by atoms with van der Waals surface area (Å²) in [5.74, 6) is -0.606. The van der Waals surface area contributed by atoms with Gasteiger partial charge in [0.15, 0.2) is 0 Å². The van der Waals surface area contributed by atoms with Crippen LogP contribution in [0.2, 0.25) is 0 Å². The number of carbonyl (C=O) groups excluding carboxylic acids is 2. The molecule has 1 heterocycles. The quantitative estimate of drug-likeness (QED) is 0.787. The monoisotopic (exact) mass is 287 g/mol. The molecular weight excluding hydrogens is 266 g/mol. The Labute approximate surface area is 124 Å². The number of carbonyl (C=O) groups is 2. The number of hydrogen-bond acceptors (Lipinski definition) is 3. The summed E-state index contributed by atoms with van der Waals surface area (Å²) < 4.78 is 0. The normalized spacial score (nSPS) is 23.3. The Morgan fingerprint density at radius 3 is 2.76 bits per heavy atom. The Morgan fingerprint density at radius 1 is 1.33 bits per heavy atom. The number of fused-ring (bicyclic) bond motifs is 1. The predicted octanol–water partition coefficient (Wildman–Crippen LogP) is 1.50. The van der Waals surface area contributed by atoms with Crippen LogP contribution in [0.5, 0.6) is 0 Å². The first kappa shape index (κ1) is 14.1. The van der Waals surface area contributed by atoms with E-state index in [1.807, 2.05) is 24.3 Å². The van der Waals surface area contributed by atoms with Crippen molar-refractivity contribution in [3.8, 4) is 0 Å². The van der Waals surface area contributed by atoms with E-state index in [-0.39, 0.29) is 23.8 Å². The van der Waals surface area contributed by atoms with Crippen molar-refractivity contribution < 1.29 is 9.59 Å². The zero-order chi connectivity index (χ0) is 14.9. The summed E-state index contributed by atoms with van der Waals surface area (Å²) in [7, 11) is 0. The summed E-state index contributed by atoms with van der Waals surface area (Å²) >= 11 is 0. The van der Waals surface area contributed by atoms with E-state index in [9.17, 15) is 9.59 Å². The van der Waals surface area contributed by atoms with Gasteiger partial charge in [-0.15, -0.1) is 0 Å². The van der Waals surface area contributed by atoms with Crippen LogP contribution in [-0.4, -0.2) is 23.9 Å². The van der Waals surface area contributed by atoms with E-state index in [0.29, 0.717) is 6.54 Å². The molecule has 1 atom stereocenters. The van der Waals surface area contributed by atoms with Gasteiger partial charge in [-0.2, -0.15) is 0 Å². The van der Waals surface area contributed by atoms with Crippen LogP contribution in [0.25, 0.3) is 0 Å². The number of nitrogens with two attached hydrogens (primary N) is 1. The number of para-hydroxylation sites is 1. The number of hydrogen-bond donors (Lipinski definition) is 3. The van der Waals surface area contributed by atoms with Crippen molar-refractivity contribution in [1.82, 2.24) is 5.32 Å². The van der Waals surface area contributed by atoms with Crippen LogP contribution >= 0.6 is 0 Å². The SMILES string of the molecule is NCC1(NC(=O)C2CC(=O)Nc3ccccc32)CCCC1. The van der Waals surface area contributed by atoms with Crippen LogP contribution < -0.4 is 16.4 Å². The first-order valence-electron chi connectivity index (χ1n) is 7.54. The molecule has 1 saturated carbocycles. The molecular formula is C16H21N3O2. The van der Waals surface area contributed by atoms with Crippen molar-refractivity contribution in [3.63, 3.8) is 0 Å². The molecule has 0 radical (unpaired) electrons. The molecule has 1 fully saturated rings. The molecule has 5 nitrogen and oxygen atoms in total. The first-order chi connectivity index (χ1) is 10.1. The van der Waals surface area contributed by atoms with Gasteiger partial charge in [-0.3, -0.25) is 9.59 Å². The first-order valence-corrected chi connectivity index (χ1v) is 7.54. The van der Waals surface area contributed by atoms with Gasteiger partial charge in [0.05, 0.1) is 11.5 Å². The summed E-state index contributed by atoms with van der Waals surface area (Å²) in [6, 6.07) is 7.49. The molecule has 1 aliphatic heterocycles. The third-order valence-corrected chi connectivity index (χ3v) is 4.66. The smallest absolute Gasteiger partial charge is 0.228 e. The Balaban J connectivity index is 1.83. The molecule has 0 spiro atoms. The molecule has 4 N–H and O–H groups in total. The van der Waals surface area contributed by atoms with E-state index in [0.717, 1.165) is 36.9 Å². The van der Waals surface area contributed by atoms with Crippen LogP contribution in [0.1, 0.15) is 43.6 Å². The molecule has 1 aromatic carbocycles. The fourth-order valence-corrected chi connectivity index (χ4v) is 3.43. The molecule has 5 heteroatoms. The number of amides is 2. The van der Waals surface area contributed by atoms with Gasteiger partial charge in [0.2, 0.25) is 11.8 Å². The van der Waals surface area contributed by atoms with Gasteiger partial charge in [0, 0.05) is 18.7 Å². The Hall–Kier alpha value is -1.88. The second kappa shape index (κ2) is 5.48. The topological polar surface area (TPSA) is 84.2 Å². The minimum atomic E-state index is -0.418. The maximum absolute atomic E-state index is 12.7. The van der Waals surface area contributed by atoms with Crippen molar-refractivity contribution in [2.45, 2.75) is 43.6 Å². The second-order valence-corrected chi connectivity index (χ2v) is 6.07. The highest BCUT2D eigenvalue weighted by Gasteiger charge is 2.38. The molecule has 3 rings (SSSR count). The van der Waals surface area contributed by atoms with E-state index in [2.05, 4.69) is 10.6 Å². The van der Waals surface area contributed by atoms with E-state index in [4.69, 9.17) is 5.73 Å². The number of anilines is 1. The van der Waals surface area contributed by atoms with E-state index in [1.165, 1.54) is 0 Å². The van der Waals surface area contributed by atoms with Crippen LogP contribution in [0, 0.1) is 0 Å². The van der Waals surface area contributed by atoms with Crippen molar-refractivity contribution in [2.75, 3.05) is 11.9 Å². The van der Waals surface area contributed by atoms with Crippen LogP contribution in [0.15, 0.2) is 24.3 Å². The Bertz CT molecular complexity index is 564. The third kappa shape index (κ3) is 2.65. The fourth-order valence-electron chi connectivity index (χ4n) is 3.43. The van der Waals surface area contributed by atoms with Gasteiger partial charge in [-0.1, -0.05) is 31.0 Å². The Kier molecular flexibility index (Phi) is 3.68. The van der Waals surface area contributed by atoms with Gasteiger partial charge in [-0.25, -0.2) is 0 Å². The number of benzene rings is 1. The highest BCUT2D eigenvalue weighted by atomic mass is 16.2. The highest BCUT2D eigenvalue weighted by molar-refractivity contribution is 6.01. The summed E-state index contributed by atoms with van der Waals surface area (Å²) in [6.45, 7) is 0.458. The maximum atomic E-state index is 12.7. The lowest BCUT2D eigenvalue weighted by Crippen LogP contribution is -2.53. The summed E-state index contributed by atoms with van der Waals surface area (Å²) in [5, 5.41) is 5.95. The molecule has 2 amide bonds. The maximum Gasteiger partial charge on any atom is 0.228 e. The van der Waals surface area contributed by atoms with E-state index >= 15 is 0 Å². The lowest BCUT2D eigenvalue weighted by atomic mass is 9.88. The summed E-state index contributed by atoms with van der Waals surface area (Å²) in [6.07, 6.45) is 4.24. The zero-order valence-electron chi connectivity index (χ0n) is 12.0. The van der Waals surface area contributed by atoms with Gasteiger partial charge in [0.1, 0.15) is 0 Å². The standard InChI is InChI=1S/C16H21N3O2/c17-10-16(7-3-4-8-16)19-15(21)12-9-14(20)18-13-6-2-1-5-11(12)13/h1-2,5-6,12H,3-4,7-10,17H2,(H,18,20)(H,19,21). The van der Waals surface area contributed by atoms with Gasteiger partial charge in [0.25, 0.3) is 0 Å². The predicted molar refractivity (Wildman–Crippen MR) is 80.8 cm³/mol. The molecule has 1 aromatic rings. The van der Waals surface area contributed by atoms with Crippen molar-refractivity contribution >= 4 is 17.5 Å².